The third-order valence-electron chi connectivity index (χ3n) is 2.81. The maximum Gasteiger partial charge on any atom is 0.0857 e. The normalized spacial score (nSPS) is 11.0. The number of hydrogen-bond acceptors (Lipinski definition) is 3. The Hall–Kier alpha value is -2.00. The molecule has 98 valence electrons. The van der Waals surface area contributed by atoms with Crippen LogP contribution < -0.4 is 5.32 Å². The molecular weight excluding hydrogens is 234 g/mol. The van der Waals surface area contributed by atoms with E-state index in [1.807, 2.05) is 42.5 Å². The van der Waals surface area contributed by atoms with Gasteiger partial charge < -0.3 is 5.32 Å². The summed E-state index contributed by atoms with van der Waals surface area (Å²) in [4.78, 5) is 0. The van der Waals surface area contributed by atoms with Crippen LogP contribution in [0, 0.1) is 0 Å². The Labute approximate surface area is 114 Å². The molecule has 2 aromatic rings. The van der Waals surface area contributed by atoms with Crippen LogP contribution in [0.4, 0.5) is 11.4 Å². The quantitative estimate of drug-likeness (QED) is 0.606. The van der Waals surface area contributed by atoms with Crippen molar-refractivity contribution in [3.05, 3.63) is 60.2 Å². The van der Waals surface area contributed by atoms with Crippen molar-refractivity contribution in [2.75, 3.05) is 13.1 Å². The molecule has 0 aliphatic heterocycles. The topological polar surface area (TPSA) is 36.8 Å². The second-order valence-electron chi connectivity index (χ2n) is 4.31. The second-order valence-corrected chi connectivity index (χ2v) is 4.31. The van der Waals surface area contributed by atoms with E-state index in [1.54, 1.807) is 0 Å². The Morgan fingerprint density at radius 3 is 2.11 bits per heavy atom. The molecule has 19 heavy (non-hydrogen) atoms. The summed E-state index contributed by atoms with van der Waals surface area (Å²) in [5.41, 5.74) is 3.08. The summed E-state index contributed by atoms with van der Waals surface area (Å²) in [6.07, 6.45) is 1.05. The lowest BCUT2D eigenvalue weighted by molar-refractivity contribution is 0.716. The fourth-order valence-corrected chi connectivity index (χ4v) is 1.75. The molecule has 2 aromatic carbocycles. The van der Waals surface area contributed by atoms with Crippen LogP contribution in [0.15, 0.2) is 64.8 Å². The molecule has 0 fully saturated rings. The van der Waals surface area contributed by atoms with Gasteiger partial charge in [0.25, 0.3) is 0 Å². The monoisotopic (exact) mass is 253 g/mol. The number of nitrogens with one attached hydrogen (secondary N) is 1. The molecule has 0 aliphatic carbocycles. The zero-order chi connectivity index (χ0) is 13.3. The van der Waals surface area contributed by atoms with E-state index in [2.05, 4.69) is 34.6 Å². The van der Waals surface area contributed by atoms with Gasteiger partial charge in [0.2, 0.25) is 0 Å². The van der Waals surface area contributed by atoms with Crippen LogP contribution >= 0.6 is 0 Å². The molecule has 0 saturated carbocycles. The number of nitrogens with zero attached hydrogens (tertiary/aromatic N) is 2. The number of azo groups is 1. The highest BCUT2D eigenvalue weighted by Gasteiger charge is 1.94. The summed E-state index contributed by atoms with van der Waals surface area (Å²) in [6, 6.07) is 18.0. The van der Waals surface area contributed by atoms with Gasteiger partial charge in [-0.15, -0.1) is 0 Å². The van der Waals surface area contributed by atoms with Crippen LogP contribution in [-0.4, -0.2) is 13.1 Å². The van der Waals surface area contributed by atoms with Crippen LogP contribution in [0.25, 0.3) is 0 Å². The molecule has 3 heteroatoms. The van der Waals surface area contributed by atoms with Crippen molar-refractivity contribution in [1.29, 1.82) is 0 Å². The summed E-state index contributed by atoms with van der Waals surface area (Å²) in [5, 5.41) is 11.7. The zero-order valence-electron chi connectivity index (χ0n) is 11.2. The number of hydrogen-bond donors (Lipinski definition) is 1. The first-order valence-electron chi connectivity index (χ1n) is 6.65. The minimum absolute atomic E-state index is 0.874. The highest BCUT2D eigenvalue weighted by molar-refractivity contribution is 5.40. The van der Waals surface area contributed by atoms with Crippen molar-refractivity contribution >= 4 is 11.4 Å². The molecule has 0 atom stereocenters. The predicted octanol–water partition coefficient (Wildman–Crippen LogP) is 4.25. The predicted molar refractivity (Wildman–Crippen MR) is 79.3 cm³/mol. The average molecular weight is 253 g/mol. The lowest BCUT2D eigenvalue weighted by Crippen LogP contribution is -2.15. The molecule has 0 heterocycles. The van der Waals surface area contributed by atoms with Gasteiger partial charge in [-0.25, -0.2) is 0 Å². The lowest BCUT2D eigenvalue weighted by atomic mass is 10.1. The molecule has 0 amide bonds. The summed E-state index contributed by atoms with van der Waals surface area (Å²) < 4.78 is 0. The van der Waals surface area contributed by atoms with E-state index < -0.39 is 0 Å². The first-order chi connectivity index (χ1) is 9.38. The molecular formula is C16H19N3. The van der Waals surface area contributed by atoms with E-state index >= 15 is 0 Å². The molecule has 0 radical (unpaired) electrons. The number of benzene rings is 2. The molecule has 0 bridgehead atoms. The second kappa shape index (κ2) is 7.44. The summed E-state index contributed by atoms with van der Waals surface area (Å²) in [6.45, 7) is 4.15. The summed E-state index contributed by atoms with van der Waals surface area (Å²) in [5.74, 6) is 0. The molecule has 0 saturated heterocycles. The van der Waals surface area contributed by atoms with Gasteiger partial charge in [-0.1, -0.05) is 37.3 Å². The van der Waals surface area contributed by atoms with E-state index in [-0.39, 0.29) is 0 Å². The van der Waals surface area contributed by atoms with E-state index in [0.717, 1.165) is 30.9 Å². The van der Waals surface area contributed by atoms with Gasteiger partial charge in [0.1, 0.15) is 0 Å². The van der Waals surface area contributed by atoms with E-state index in [0.29, 0.717) is 0 Å². The molecule has 1 N–H and O–H groups in total. The smallest absolute Gasteiger partial charge is 0.0857 e. The highest BCUT2D eigenvalue weighted by atomic mass is 15.1. The lowest BCUT2D eigenvalue weighted by Gasteiger charge is -2.02. The van der Waals surface area contributed by atoms with Gasteiger partial charge >= 0.3 is 0 Å². The summed E-state index contributed by atoms with van der Waals surface area (Å²) >= 11 is 0. The molecule has 2 rings (SSSR count). The standard InChI is InChI=1S/C16H19N3/c1-2-17-13-12-14-8-10-16(11-9-14)19-18-15-6-4-3-5-7-15/h3-11,17H,2,12-13H2,1H3. The largest absolute Gasteiger partial charge is 0.317 e. The Bertz CT molecular complexity index is 503. The van der Waals surface area contributed by atoms with Crippen LogP contribution in [0.5, 0.6) is 0 Å². The molecule has 0 aromatic heterocycles. The zero-order valence-corrected chi connectivity index (χ0v) is 11.2. The summed E-state index contributed by atoms with van der Waals surface area (Å²) in [7, 11) is 0. The van der Waals surface area contributed by atoms with Crippen LogP contribution in [-0.2, 0) is 6.42 Å². The van der Waals surface area contributed by atoms with Crippen molar-refractivity contribution < 1.29 is 0 Å². The third-order valence-corrected chi connectivity index (χ3v) is 2.81. The van der Waals surface area contributed by atoms with E-state index in [9.17, 15) is 0 Å². The fourth-order valence-electron chi connectivity index (χ4n) is 1.75. The Kier molecular flexibility index (Phi) is 5.26. The Balaban J connectivity index is 1.93. The van der Waals surface area contributed by atoms with Crippen molar-refractivity contribution in [2.24, 2.45) is 10.2 Å². The van der Waals surface area contributed by atoms with Gasteiger partial charge in [0.15, 0.2) is 0 Å². The van der Waals surface area contributed by atoms with E-state index in [4.69, 9.17) is 0 Å². The first-order valence-corrected chi connectivity index (χ1v) is 6.65. The first kappa shape index (κ1) is 13.4. The van der Waals surface area contributed by atoms with Crippen molar-refractivity contribution in [1.82, 2.24) is 5.32 Å². The maximum absolute atomic E-state index is 4.22. The fraction of sp³-hybridized carbons (Fsp3) is 0.250. The number of likely N-dealkylation sites (N-methyl/N-ethyl adjacent to an activating group) is 1. The number of rotatable bonds is 6. The minimum Gasteiger partial charge on any atom is -0.317 e. The SMILES string of the molecule is CCNCCc1ccc(N=Nc2ccccc2)cc1. The van der Waals surface area contributed by atoms with Gasteiger partial charge in [-0.3, -0.25) is 0 Å². The molecule has 3 nitrogen and oxygen atoms in total. The van der Waals surface area contributed by atoms with Crippen LogP contribution in [0.1, 0.15) is 12.5 Å². The Morgan fingerprint density at radius 2 is 1.47 bits per heavy atom. The maximum atomic E-state index is 4.22. The van der Waals surface area contributed by atoms with Crippen LogP contribution in [0.3, 0.4) is 0 Å². The van der Waals surface area contributed by atoms with Crippen molar-refractivity contribution in [2.45, 2.75) is 13.3 Å². The van der Waals surface area contributed by atoms with Gasteiger partial charge in [0, 0.05) is 0 Å². The van der Waals surface area contributed by atoms with Gasteiger partial charge in [-0.2, -0.15) is 10.2 Å². The van der Waals surface area contributed by atoms with E-state index in [1.165, 1.54) is 5.56 Å². The molecule has 0 unspecified atom stereocenters. The average Bonchev–Trinajstić information content (AvgIpc) is 2.48. The van der Waals surface area contributed by atoms with Crippen molar-refractivity contribution in [3.8, 4) is 0 Å². The Morgan fingerprint density at radius 1 is 0.842 bits per heavy atom. The third kappa shape index (κ3) is 4.64. The minimum atomic E-state index is 0.874. The van der Waals surface area contributed by atoms with Crippen LogP contribution in [0.2, 0.25) is 0 Å². The molecule has 0 spiro atoms. The highest BCUT2D eigenvalue weighted by Crippen LogP contribution is 2.18. The molecule has 0 aliphatic rings. The van der Waals surface area contributed by atoms with Crippen molar-refractivity contribution in [3.63, 3.8) is 0 Å². The van der Waals surface area contributed by atoms with Gasteiger partial charge in [0.05, 0.1) is 11.4 Å². The van der Waals surface area contributed by atoms with Gasteiger partial charge in [-0.05, 0) is 49.3 Å².